The summed E-state index contributed by atoms with van der Waals surface area (Å²) in [6.07, 6.45) is 12.9. The van der Waals surface area contributed by atoms with Crippen LogP contribution in [0.3, 0.4) is 0 Å². The van der Waals surface area contributed by atoms with E-state index in [1.54, 1.807) is 3.88 Å². The van der Waals surface area contributed by atoms with E-state index in [4.69, 9.17) is 4.82 Å². The van der Waals surface area contributed by atoms with Crippen molar-refractivity contribution in [1.29, 1.82) is 0 Å². The Bertz CT molecular complexity index is 1160. The molecule has 0 saturated heterocycles. The molecular weight excluding hydrogens is 396 g/mol. The quantitative estimate of drug-likeness (QED) is 0.370. The number of rotatable bonds is 6. The van der Waals surface area contributed by atoms with Gasteiger partial charge in [0.25, 0.3) is 0 Å². The van der Waals surface area contributed by atoms with Gasteiger partial charge in [0.05, 0.1) is 0 Å². The van der Waals surface area contributed by atoms with E-state index in [0.717, 1.165) is 15.9 Å². The maximum atomic E-state index is 5.39. The van der Waals surface area contributed by atoms with Crippen molar-refractivity contribution in [3.8, 4) is 0 Å². The fraction of sp³-hybridized carbons (Fsp3) is 0.138. The minimum atomic E-state index is -3.65. The third-order valence-electron chi connectivity index (χ3n) is 7.23. The first-order valence-electron chi connectivity index (χ1n) is 10.9. The summed E-state index contributed by atoms with van der Waals surface area (Å²) >= 11 is -3.65. The summed E-state index contributed by atoms with van der Waals surface area (Å²) in [5.41, 5.74) is 5.69. The van der Waals surface area contributed by atoms with Gasteiger partial charge in [-0.25, -0.2) is 0 Å². The van der Waals surface area contributed by atoms with Gasteiger partial charge in [-0.15, -0.1) is 0 Å². The van der Waals surface area contributed by atoms with Crippen molar-refractivity contribution in [3.05, 3.63) is 135 Å². The van der Waals surface area contributed by atoms with Crippen molar-refractivity contribution in [2.45, 2.75) is 20.1 Å². The molecule has 1 unspecified atom stereocenters. The van der Waals surface area contributed by atoms with E-state index in [-0.39, 0.29) is 0 Å². The maximum absolute atomic E-state index is 5.39. The zero-order valence-corrected chi connectivity index (χ0v) is 18.9. The van der Waals surface area contributed by atoms with Crippen molar-refractivity contribution < 1.29 is 14.8 Å². The molecule has 1 atom stereocenters. The van der Waals surface area contributed by atoms with Crippen LogP contribution in [0.2, 0.25) is 0 Å². The van der Waals surface area contributed by atoms with E-state index in [9.17, 15) is 0 Å². The summed E-state index contributed by atoms with van der Waals surface area (Å²) in [6.45, 7) is 0. The molecule has 0 fully saturated rings. The summed E-state index contributed by atoms with van der Waals surface area (Å²) in [5, 5.41) is 0. The summed E-state index contributed by atoms with van der Waals surface area (Å²) in [4.78, 5) is 5.39. The van der Waals surface area contributed by atoms with Gasteiger partial charge in [0.2, 0.25) is 0 Å². The second-order valence-corrected chi connectivity index (χ2v) is 18.6. The molecular formula is C29H28Ti. The van der Waals surface area contributed by atoms with Crippen molar-refractivity contribution in [2.24, 2.45) is 0 Å². The normalized spacial score (nSPS) is 17.8. The van der Waals surface area contributed by atoms with Gasteiger partial charge in [0.15, 0.2) is 0 Å². The summed E-state index contributed by atoms with van der Waals surface area (Å²) < 4.78 is 4.20. The molecule has 0 bridgehead atoms. The van der Waals surface area contributed by atoms with Crippen LogP contribution in [-0.2, 0) is 24.3 Å². The van der Waals surface area contributed by atoms with Crippen molar-refractivity contribution >= 4 is 10.9 Å². The van der Waals surface area contributed by atoms with Crippen LogP contribution in [-0.4, -0.2) is 4.82 Å². The van der Waals surface area contributed by atoms with Gasteiger partial charge in [-0.3, -0.25) is 0 Å². The molecule has 0 spiro atoms. The number of fused-ring (bicyclic) bond motifs is 1. The second-order valence-electron chi connectivity index (χ2n) is 9.15. The number of hydrogen-bond donors (Lipinski definition) is 0. The standard InChI is InChI=1S/C9H7.2C7H7.C5H5.CH2.Ti/c1-2-5-9-7-3-6-8(9)4-1;2*1-7-5-3-2-4-6-7;1-2-4-5-3-1;;/h1-7H;2*2-6H,1H2;1-3H,4H2;1H2;. The molecule has 3 aromatic carbocycles. The molecule has 1 heteroatoms. The molecule has 30 heavy (non-hydrogen) atoms. The van der Waals surface area contributed by atoms with Crippen LogP contribution in [0.4, 0.5) is 0 Å². The Labute approximate surface area is 180 Å². The van der Waals surface area contributed by atoms with Crippen molar-refractivity contribution in [1.82, 2.24) is 0 Å². The van der Waals surface area contributed by atoms with E-state index in [0.29, 0.717) is 4.22 Å². The van der Waals surface area contributed by atoms with Crippen molar-refractivity contribution in [3.63, 3.8) is 0 Å². The third-order valence-corrected chi connectivity index (χ3v) is 17.9. The van der Waals surface area contributed by atoms with Crippen LogP contribution in [0.15, 0.2) is 113 Å². The van der Waals surface area contributed by atoms with Crippen LogP contribution in [0.25, 0.3) is 6.08 Å². The van der Waals surface area contributed by atoms with Crippen LogP contribution in [0.5, 0.6) is 0 Å². The molecule has 0 N–H and O–H groups in total. The van der Waals surface area contributed by atoms with Crippen molar-refractivity contribution in [2.75, 3.05) is 0 Å². The Morgan fingerprint density at radius 3 is 1.97 bits per heavy atom. The molecule has 3 aromatic rings. The Hall–Kier alpha value is -2.54. The minimum absolute atomic E-state index is 0.407. The van der Waals surface area contributed by atoms with Crippen LogP contribution in [0.1, 0.15) is 32.9 Å². The topological polar surface area (TPSA) is 0 Å². The molecule has 2 aliphatic carbocycles. The third kappa shape index (κ3) is 3.25. The fourth-order valence-electron chi connectivity index (χ4n) is 5.78. The molecule has 0 radical (unpaired) electrons. The predicted octanol–water partition coefficient (Wildman–Crippen LogP) is 7.12. The Balaban J connectivity index is 1.75. The Kier molecular flexibility index (Phi) is 4.93. The average molecular weight is 424 g/mol. The summed E-state index contributed by atoms with van der Waals surface area (Å²) in [7, 11) is 0. The summed E-state index contributed by atoms with van der Waals surface area (Å²) in [5.74, 6) is 0. The zero-order chi connectivity index (χ0) is 20.5. The van der Waals surface area contributed by atoms with Gasteiger partial charge in [-0.1, -0.05) is 0 Å². The first-order chi connectivity index (χ1) is 14.7. The molecule has 0 heterocycles. The molecule has 0 aliphatic heterocycles. The van der Waals surface area contributed by atoms with E-state index < -0.39 is 14.8 Å². The van der Waals surface area contributed by atoms with Crippen LogP contribution >= 0.6 is 0 Å². The monoisotopic (exact) mass is 424 g/mol. The van der Waals surface area contributed by atoms with Gasteiger partial charge >= 0.3 is 181 Å². The van der Waals surface area contributed by atoms with E-state index in [1.807, 2.05) is 0 Å². The number of allylic oxidation sites excluding steroid dienone is 5. The molecule has 148 valence electrons. The summed E-state index contributed by atoms with van der Waals surface area (Å²) in [6, 6.07) is 31.1. The average Bonchev–Trinajstić information content (AvgIpc) is 3.47. The SMILES string of the molecule is [CH2]=[Ti]([CH2]c1ccccc1)([CH2]c1ccccc1)([C]1=CC=CC1)[CH]1C=Cc2ccccc21. The molecule has 2 aliphatic rings. The second kappa shape index (κ2) is 7.62. The van der Waals surface area contributed by atoms with E-state index >= 15 is 0 Å². The Morgan fingerprint density at radius 2 is 1.37 bits per heavy atom. The van der Waals surface area contributed by atoms with Gasteiger partial charge in [-0.2, -0.15) is 0 Å². The molecule has 5 rings (SSSR count). The fourth-order valence-corrected chi connectivity index (χ4v) is 16.4. The van der Waals surface area contributed by atoms with Gasteiger partial charge in [0.1, 0.15) is 0 Å². The van der Waals surface area contributed by atoms with E-state index in [2.05, 4.69) is 115 Å². The Morgan fingerprint density at radius 1 is 0.767 bits per heavy atom. The van der Waals surface area contributed by atoms with Gasteiger partial charge in [-0.05, 0) is 0 Å². The predicted molar refractivity (Wildman–Crippen MR) is 127 cm³/mol. The molecule has 0 amide bonds. The van der Waals surface area contributed by atoms with Gasteiger partial charge in [0, 0.05) is 0 Å². The van der Waals surface area contributed by atoms with Crippen LogP contribution in [0, 0.1) is 0 Å². The zero-order valence-electron chi connectivity index (χ0n) is 17.4. The number of hydrogen-bond acceptors (Lipinski definition) is 0. The molecule has 0 aromatic heterocycles. The number of benzene rings is 3. The van der Waals surface area contributed by atoms with E-state index in [1.165, 1.54) is 22.3 Å². The molecule has 0 nitrogen and oxygen atoms in total. The van der Waals surface area contributed by atoms with Crippen LogP contribution < -0.4 is 0 Å². The first kappa shape index (κ1) is 19.4. The first-order valence-corrected chi connectivity index (χ1v) is 15.9. The molecule has 0 saturated carbocycles. The van der Waals surface area contributed by atoms with Gasteiger partial charge < -0.3 is 0 Å².